The number of hydrogen-bond donors (Lipinski definition) is 1. The maximum Gasteiger partial charge on any atom is 0.111 e. The Morgan fingerprint density at radius 2 is 2.16 bits per heavy atom. The number of nitrogens with zero attached hydrogens (tertiary/aromatic N) is 2. The smallest absolute Gasteiger partial charge is 0.111 e. The van der Waals surface area contributed by atoms with Crippen molar-refractivity contribution in [2.45, 2.75) is 58.0 Å². The van der Waals surface area contributed by atoms with Crippen LogP contribution >= 0.6 is 0 Å². The highest BCUT2D eigenvalue weighted by Crippen LogP contribution is 2.33. The average Bonchev–Trinajstić information content (AvgIpc) is 2.65. The molecule has 0 radical (unpaired) electrons. The Morgan fingerprint density at radius 1 is 1.37 bits per heavy atom. The Kier molecular flexibility index (Phi) is 3.09. The molecule has 1 saturated carbocycles. The molecular weight excluding hydrogens is 234 g/mol. The maximum atomic E-state index is 6.40. The minimum Gasteiger partial charge on any atom is -0.328 e. The highest BCUT2D eigenvalue weighted by Gasteiger charge is 2.34. The summed E-state index contributed by atoms with van der Waals surface area (Å²) in [5.41, 5.74) is 10.0. The number of hydrogen-bond acceptors (Lipinski definition) is 2. The van der Waals surface area contributed by atoms with Crippen LogP contribution in [0, 0.1) is 6.92 Å². The third kappa shape index (κ3) is 2.27. The molecule has 0 amide bonds. The molecular formula is C16H23N3. The van der Waals surface area contributed by atoms with Crippen LogP contribution in [0.25, 0.3) is 11.0 Å². The van der Waals surface area contributed by atoms with E-state index in [0.29, 0.717) is 0 Å². The first-order valence-electron chi connectivity index (χ1n) is 7.36. The van der Waals surface area contributed by atoms with Crippen molar-refractivity contribution in [2.75, 3.05) is 0 Å². The predicted octanol–water partition coefficient (Wildman–Crippen LogP) is 3.18. The molecule has 1 heterocycles. The highest BCUT2D eigenvalue weighted by molar-refractivity contribution is 5.77. The zero-order valence-electron chi connectivity index (χ0n) is 11.9. The van der Waals surface area contributed by atoms with Crippen LogP contribution in [0.5, 0.6) is 0 Å². The van der Waals surface area contributed by atoms with Gasteiger partial charge in [-0.15, -0.1) is 0 Å². The fourth-order valence-electron chi connectivity index (χ4n) is 3.02. The Morgan fingerprint density at radius 3 is 2.79 bits per heavy atom. The SMILES string of the molecule is CCCn1c(CC2(N)CCC2)nc2cc(C)ccc21. The molecule has 0 spiro atoms. The largest absolute Gasteiger partial charge is 0.328 e. The van der Waals surface area contributed by atoms with Crippen LogP contribution in [0.1, 0.15) is 44.0 Å². The topological polar surface area (TPSA) is 43.8 Å². The van der Waals surface area contributed by atoms with E-state index in [1.165, 1.54) is 23.3 Å². The first-order valence-corrected chi connectivity index (χ1v) is 7.36. The standard InChI is InChI=1S/C16H23N3/c1-3-9-19-14-6-5-12(2)10-13(14)18-15(19)11-16(17)7-4-8-16/h5-6,10H,3-4,7-9,11,17H2,1-2H3. The van der Waals surface area contributed by atoms with Gasteiger partial charge in [-0.1, -0.05) is 13.0 Å². The van der Waals surface area contributed by atoms with Gasteiger partial charge in [-0.2, -0.15) is 0 Å². The van der Waals surface area contributed by atoms with Crippen LogP contribution in [-0.4, -0.2) is 15.1 Å². The number of aromatic nitrogens is 2. The lowest BCUT2D eigenvalue weighted by atomic mass is 9.75. The predicted molar refractivity (Wildman–Crippen MR) is 79.2 cm³/mol. The second-order valence-corrected chi connectivity index (χ2v) is 6.06. The third-order valence-corrected chi connectivity index (χ3v) is 4.29. The van der Waals surface area contributed by atoms with E-state index < -0.39 is 0 Å². The minimum absolute atomic E-state index is 0.00190. The molecule has 3 nitrogen and oxygen atoms in total. The Balaban J connectivity index is 2.03. The van der Waals surface area contributed by atoms with Gasteiger partial charge in [-0.25, -0.2) is 4.98 Å². The molecule has 2 N–H and O–H groups in total. The Bertz CT molecular complexity index is 593. The van der Waals surface area contributed by atoms with Crippen molar-refractivity contribution in [3.05, 3.63) is 29.6 Å². The normalized spacial score (nSPS) is 17.6. The summed E-state index contributed by atoms with van der Waals surface area (Å²) in [6, 6.07) is 6.54. The fourth-order valence-corrected chi connectivity index (χ4v) is 3.02. The second-order valence-electron chi connectivity index (χ2n) is 6.06. The lowest BCUT2D eigenvalue weighted by Crippen LogP contribution is -2.48. The fraction of sp³-hybridized carbons (Fsp3) is 0.562. The van der Waals surface area contributed by atoms with E-state index in [4.69, 9.17) is 10.7 Å². The summed E-state index contributed by atoms with van der Waals surface area (Å²) in [7, 11) is 0. The van der Waals surface area contributed by atoms with Gasteiger partial charge in [0.1, 0.15) is 5.82 Å². The highest BCUT2D eigenvalue weighted by atomic mass is 15.1. The average molecular weight is 257 g/mol. The van der Waals surface area contributed by atoms with E-state index in [-0.39, 0.29) is 5.54 Å². The molecule has 0 saturated heterocycles. The Labute approximate surface area is 114 Å². The summed E-state index contributed by atoms with van der Waals surface area (Å²) < 4.78 is 2.36. The molecule has 0 bridgehead atoms. The van der Waals surface area contributed by atoms with Gasteiger partial charge >= 0.3 is 0 Å². The Hall–Kier alpha value is -1.35. The monoisotopic (exact) mass is 257 g/mol. The summed E-state index contributed by atoms with van der Waals surface area (Å²) in [6.07, 6.45) is 5.59. The molecule has 1 aliphatic rings. The van der Waals surface area contributed by atoms with E-state index in [1.807, 2.05) is 0 Å². The number of nitrogens with two attached hydrogens (primary N) is 1. The molecule has 0 atom stereocenters. The van der Waals surface area contributed by atoms with Crippen molar-refractivity contribution >= 4 is 11.0 Å². The van der Waals surface area contributed by atoms with E-state index in [9.17, 15) is 0 Å². The molecule has 0 unspecified atom stereocenters. The molecule has 1 aliphatic carbocycles. The maximum absolute atomic E-state index is 6.40. The molecule has 1 fully saturated rings. The van der Waals surface area contributed by atoms with Gasteiger partial charge in [-0.3, -0.25) is 0 Å². The number of aryl methyl sites for hydroxylation is 2. The third-order valence-electron chi connectivity index (χ3n) is 4.29. The van der Waals surface area contributed by atoms with Crippen LogP contribution in [-0.2, 0) is 13.0 Å². The van der Waals surface area contributed by atoms with Crippen molar-refractivity contribution in [1.82, 2.24) is 9.55 Å². The van der Waals surface area contributed by atoms with Crippen molar-refractivity contribution in [3.63, 3.8) is 0 Å². The van der Waals surface area contributed by atoms with Gasteiger partial charge in [0, 0.05) is 18.5 Å². The quantitative estimate of drug-likeness (QED) is 0.914. The number of imidazole rings is 1. The molecule has 1 aromatic carbocycles. The molecule has 19 heavy (non-hydrogen) atoms. The van der Waals surface area contributed by atoms with E-state index in [1.54, 1.807) is 0 Å². The van der Waals surface area contributed by atoms with Crippen LogP contribution in [0.3, 0.4) is 0 Å². The molecule has 0 aliphatic heterocycles. The molecule has 3 heteroatoms. The summed E-state index contributed by atoms with van der Waals surface area (Å²) >= 11 is 0. The van der Waals surface area contributed by atoms with Crippen LogP contribution in [0.15, 0.2) is 18.2 Å². The minimum atomic E-state index is 0.00190. The van der Waals surface area contributed by atoms with Gasteiger partial charge in [0.25, 0.3) is 0 Å². The summed E-state index contributed by atoms with van der Waals surface area (Å²) in [5, 5.41) is 0. The molecule has 3 rings (SSSR count). The van der Waals surface area contributed by atoms with Gasteiger partial charge < -0.3 is 10.3 Å². The molecule has 102 valence electrons. The van der Waals surface area contributed by atoms with Crippen LogP contribution in [0.4, 0.5) is 0 Å². The summed E-state index contributed by atoms with van der Waals surface area (Å²) in [6.45, 7) is 5.37. The van der Waals surface area contributed by atoms with Crippen molar-refractivity contribution in [2.24, 2.45) is 5.73 Å². The van der Waals surface area contributed by atoms with Crippen LogP contribution in [0.2, 0.25) is 0 Å². The molecule has 2 aromatic rings. The second kappa shape index (κ2) is 4.64. The van der Waals surface area contributed by atoms with E-state index in [0.717, 1.165) is 37.7 Å². The van der Waals surface area contributed by atoms with Gasteiger partial charge in [0.2, 0.25) is 0 Å². The lowest BCUT2D eigenvalue weighted by Gasteiger charge is -2.37. The lowest BCUT2D eigenvalue weighted by molar-refractivity contribution is 0.241. The molecule has 1 aromatic heterocycles. The van der Waals surface area contributed by atoms with Gasteiger partial charge in [-0.05, 0) is 50.3 Å². The number of benzene rings is 1. The first-order chi connectivity index (χ1) is 9.11. The van der Waals surface area contributed by atoms with Gasteiger partial charge in [0.15, 0.2) is 0 Å². The zero-order valence-corrected chi connectivity index (χ0v) is 11.9. The number of rotatable bonds is 4. The van der Waals surface area contributed by atoms with Crippen LogP contribution < -0.4 is 5.73 Å². The summed E-state index contributed by atoms with van der Waals surface area (Å²) in [4.78, 5) is 4.84. The number of fused-ring (bicyclic) bond motifs is 1. The van der Waals surface area contributed by atoms with E-state index in [2.05, 4.69) is 36.6 Å². The van der Waals surface area contributed by atoms with Crippen molar-refractivity contribution in [1.29, 1.82) is 0 Å². The summed E-state index contributed by atoms with van der Waals surface area (Å²) in [5.74, 6) is 1.17. The van der Waals surface area contributed by atoms with Crippen molar-refractivity contribution < 1.29 is 0 Å². The zero-order chi connectivity index (χ0) is 13.5. The first kappa shape index (κ1) is 12.7. The van der Waals surface area contributed by atoms with Gasteiger partial charge in [0.05, 0.1) is 11.0 Å². The van der Waals surface area contributed by atoms with Crippen molar-refractivity contribution in [3.8, 4) is 0 Å². The van der Waals surface area contributed by atoms with E-state index >= 15 is 0 Å².